The summed E-state index contributed by atoms with van der Waals surface area (Å²) >= 11 is 0. The van der Waals surface area contributed by atoms with Gasteiger partial charge < -0.3 is 15.0 Å². The van der Waals surface area contributed by atoms with Crippen LogP contribution in [0.2, 0.25) is 0 Å². The Hall–Kier alpha value is -0.940. The fourth-order valence-electron chi connectivity index (χ4n) is 0.704. The molecule has 5 nitrogen and oxygen atoms in total. The summed E-state index contributed by atoms with van der Waals surface area (Å²) in [6, 6.07) is -0.215. The van der Waals surface area contributed by atoms with Crippen LogP contribution in [0.15, 0.2) is 4.52 Å². The van der Waals surface area contributed by atoms with E-state index in [1.54, 1.807) is 6.92 Å². The third kappa shape index (κ3) is 2.28. The van der Waals surface area contributed by atoms with Crippen molar-refractivity contribution in [2.75, 3.05) is 6.61 Å². The minimum absolute atomic E-state index is 0.215. The number of rotatable bonds is 4. The van der Waals surface area contributed by atoms with Gasteiger partial charge in [0, 0.05) is 6.61 Å². The lowest BCUT2D eigenvalue weighted by Gasteiger charge is -1.94. The summed E-state index contributed by atoms with van der Waals surface area (Å²) in [6.45, 7) is 4.72. The molecule has 5 heteroatoms. The Morgan fingerprint density at radius 3 is 2.92 bits per heavy atom. The molecule has 0 fully saturated rings. The molecule has 0 amide bonds. The zero-order valence-electron chi connectivity index (χ0n) is 7.28. The zero-order chi connectivity index (χ0) is 8.97. The predicted molar refractivity (Wildman–Crippen MR) is 42.2 cm³/mol. The predicted octanol–water partition coefficient (Wildman–Crippen LogP) is 0.626. The van der Waals surface area contributed by atoms with Gasteiger partial charge in [-0.2, -0.15) is 4.98 Å². The maximum Gasteiger partial charge on any atom is 0.243 e. The second-order valence-electron chi connectivity index (χ2n) is 2.47. The van der Waals surface area contributed by atoms with Crippen LogP contribution in [0, 0.1) is 0 Å². The van der Waals surface area contributed by atoms with Gasteiger partial charge in [0.25, 0.3) is 0 Å². The normalized spacial score (nSPS) is 13.2. The van der Waals surface area contributed by atoms with Crippen LogP contribution in [0.5, 0.6) is 0 Å². The molecular formula is C7H13N3O2. The van der Waals surface area contributed by atoms with Crippen molar-refractivity contribution in [1.82, 2.24) is 10.1 Å². The molecule has 0 unspecified atom stereocenters. The van der Waals surface area contributed by atoms with Crippen LogP contribution in [-0.4, -0.2) is 16.7 Å². The van der Waals surface area contributed by atoms with Crippen LogP contribution in [-0.2, 0) is 11.3 Å². The van der Waals surface area contributed by atoms with Gasteiger partial charge in [-0.15, -0.1) is 0 Å². The van der Waals surface area contributed by atoms with Crippen molar-refractivity contribution in [2.24, 2.45) is 5.73 Å². The van der Waals surface area contributed by atoms with Crippen molar-refractivity contribution in [2.45, 2.75) is 26.5 Å². The molecule has 0 aliphatic heterocycles. The van der Waals surface area contributed by atoms with Crippen molar-refractivity contribution in [1.29, 1.82) is 0 Å². The Bertz CT molecular complexity index is 234. The molecule has 1 rings (SSSR count). The van der Waals surface area contributed by atoms with Crippen LogP contribution in [0.3, 0.4) is 0 Å². The first kappa shape index (κ1) is 9.15. The fourth-order valence-corrected chi connectivity index (χ4v) is 0.704. The standard InChI is InChI=1S/C7H13N3O2/c1-3-11-4-6-9-7(5(2)8)12-10-6/h5H,3-4,8H2,1-2H3/t5-/m0/s1. The molecule has 12 heavy (non-hydrogen) atoms. The van der Waals surface area contributed by atoms with Gasteiger partial charge in [0.2, 0.25) is 5.89 Å². The van der Waals surface area contributed by atoms with Crippen LogP contribution < -0.4 is 5.73 Å². The van der Waals surface area contributed by atoms with Gasteiger partial charge in [-0.25, -0.2) is 0 Å². The maximum atomic E-state index is 5.52. The quantitative estimate of drug-likeness (QED) is 0.719. The lowest BCUT2D eigenvalue weighted by molar-refractivity contribution is 0.126. The summed E-state index contributed by atoms with van der Waals surface area (Å²) in [5, 5.41) is 3.68. The first-order valence-electron chi connectivity index (χ1n) is 3.89. The maximum absolute atomic E-state index is 5.52. The molecule has 0 saturated heterocycles. The van der Waals surface area contributed by atoms with Gasteiger partial charge in [0.15, 0.2) is 5.82 Å². The summed E-state index contributed by atoms with van der Waals surface area (Å²) in [4.78, 5) is 4.02. The number of hydrogen-bond donors (Lipinski definition) is 1. The second-order valence-corrected chi connectivity index (χ2v) is 2.47. The molecule has 1 atom stereocenters. The second kappa shape index (κ2) is 4.18. The first-order chi connectivity index (χ1) is 5.74. The summed E-state index contributed by atoms with van der Waals surface area (Å²) in [6.07, 6.45) is 0. The number of nitrogens with zero attached hydrogens (tertiary/aromatic N) is 2. The number of ether oxygens (including phenoxy) is 1. The molecule has 2 N–H and O–H groups in total. The highest BCUT2D eigenvalue weighted by Gasteiger charge is 2.09. The summed E-state index contributed by atoms with van der Waals surface area (Å²) < 4.78 is 9.94. The Labute approximate surface area is 70.9 Å². The van der Waals surface area contributed by atoms with Crippen LogP contribution >= 0.6 is 0 Å². The SMILES string of the molecule is CCOCc1noc([C@H](C)N)n1. The molecule has 0 aromatic carbocycles. The van der Waals surface area contributed by atoms with Gasteiger partial charge in [0.05, 0.1) is 6.04 Å². The molecule has 0 aliphatic rings. The molecule has 0 bridgehead atoms. The van der Waals surface area contributed by atoms with E-state index in [-0.39, 0.29) is 6.04 Å². The highest BCUT2D eigenvalue weighted by molar-refractivity contribution is 4.88. The van der Waals surface area contributed by atoms with E-state index in [1.807, 2.05) is 6.92 Å². The molecule has 0 spiro atoms. The minimum atomic E-state index is -0.215. The van der Waals surface area contributed by atoms with Crippen molar-refractivity contribution in [3.63, 3.8) is 0 Å². The Kier molecular flexibility index (Phi) is 3.19. The average molecular weight is 171 g/mol. The lowest BCUT2D eigenvalue weighted by atomic mass is 10.4. The average Bonchev–Trinajstić information content (AvgIpc) is 2.48. The highest BCUT2D eigenvalue weighted by atomic mass is 16.5. The van der Waals surface area contributed by atoms with Crippen molar-refractivity contribution >= 4 is 0 Å². The van der Waals surface area contributed by atoms with Crippen molar-refractivity contribution < 1.29 is 9.26 Å². The van der Waals surface area contributed by atoms with E-state index in [0.717, 1.165) is 0 Å². The molecule has 0 radical (unpaired) electrons. The van der Waals surface area contributed by atoms with E-state index in [0.29, 0.717) is 24.9 Å². The molecular weight excluding hydrogens is 158 g/mol. The summed E-state index contributed by atoms with van der Waals surface area (Å²) in [5.41, 5.74) is 5.52. The Morgan fingerprint density at radius 1 is 1.67 bits per heavy atom. The summed E-state index contributed by atoms with van der Waals surface area (Å²) in [7, 11) is 0. The molecule has 0 saturated carbocycles. The van der Waals surface area contributed by atoms with E-state index < -0.39 is 0 Å². The molecule has 0 aliphatic carbocycles. The number of hydrogen-bond acceptors (Lipinski definition) is 5. The Balaban J connectivity index is 2.52. The highest BCUT2D eigenvalue weighted by Crippen LogP contribution is 2.06. The first-order valence-corrected chi connectivity index (χ1v) is 3.89. The lowest BCUT2D eigenvalue weighted by Crippen LogP contribution is -2.05. The van der Waals surface area contributed by atoms with Crippen LogP contribution in [0.25, 0.3) is 0 Å². The monoisotopic (exact) mass is 171 g/mol. The smallest absolute Gasteiger partial charge is 0.243 e. The van der Waals surface area contributed by atoms with Gasteiger partial charge in [-0.3, -0.25) is 0 Å². The van der Waals surface area contributed by atoms with E-state index in [4.69, 9.17) is 15.0 Å². The number of nitrogens with two attached hydrogens (primary N) is 1. The van der Waals surface area contributed by atoms with E-state index in [1.165, 1.54) is 0 Å². The number of aromatic nitrogens is 2. The van der Waals surface area contributed by atoms with E-state index >= 15 is 0 Å². The van der Waals surface area contributed by atoms with Crippen LogP contribution in [0.4, 0.5) is 0 Å². The van der Waals surface area contributed by atoms with Gasteiger partial charge in [-0.05, 0) is 13.8 Å². The van der Waals surface area contributed by atoms with Crippen molar-refractivity contribution in [3.8, 4) is 0 Å². The van der Waals surface area contributed by atoms with E-state index in [2.05, 4.69) is 10.1 Å². The fraction of sp³-hybridized carbons (Fsp3) is 0.714. The largest absolute Gasteiger partial charge is 0.374 e. The third-order valence-electron chi connectivity index (χ3n) is 1.31. The van der Waals surface area contributed by atoms with Crippen LogP contribution in [0.1, 0.15) is 31.6 Å². The van der Waals surface area contributed by atoms with E-state index in [9.17, 15) is 0 Å². The molecule has 1 aromatic rings. The Morgan fingerprint density at radius 2 is 2.42 bits per heavy atom. The third-order valence-corrected chi connectivity index (χ3v) is 1.31. The molecule has 1 aromatic heterocycles. The zero-order valence-corrected chi connectivity index (χ0v) is 7.28. The minimum Gasteiger partial charge on any atom is -0.374 e. The van der Waals surface area contributed by atoms with Crippen molar-refractivity contribution in [3.05, 3.63) is 11.7 Å². The molecule has 1 heterocycles. The molecule has 68 valence electrons. The van der Waals surface area contributed by atoms with Gasteiger partial charge in [0.1, 0.15) is 6.61 Å². The summed E-state index contributed by atoms with van der Waals surface area (Å²) in [5.74, 6) is 0.994. The topological polar surface area (TPSA) is 74.2 Å². The van der Waals surface area contributed by atoms with Gasteiger partial charge >= 0.3 is 0 Å². The van der Waals surface area contributed by atoms with Gasteiger partial charge in [-0.1, -0.05) is 5.16 Å².